The highest BCUT2D eigenvalue weighted by molar-refractivity contribution is 5.51. The van der Waals surface area contributed by atoms with Gasteiger partial charge in [0.1, 0.15) is 23.0 Å². The molecule has 0 amide bonds. The lowest BCUT2D eigenvalue weighted by atomic mass is 9.78. The summed E-state index contributed by atoms with van der Waals surface area (Å²) in [5.74, 6) is 1.42. The number of phenols is 4. The Balaban J connectivity index is 1.77. The predicted octanol–water partition coefficient (Wildman–Crippen LogP) is 9.11. The number of aromatic hydroxyl groups is 4. The third kappa shape index (κ3) is 6.22. The lowest BCUT2D eigenvalue weighted by Crippen LogP contribution is -2.10. The molecule has 41 heavy (non-hydrogen) atoms. The molecule has 4 aromatic rings. The monoisotopic (exact) mass is 552 g/mol. The van der Waals surface area contributed by atoms with Crippen molar-refractivity contribution in [3.05, 3.63) is 115 Å². The van der Waals surface area contributed by atoms with Crippen LogP contribution in [-0.4, -0.2) is 20.4 Å². The van der Waals surface area contributed by atoms with Crippen LogP contribution >= 0.6 is 0 Å². The molecule has 4 nitrogen and oxygen atoms in total. The molecule has 0 bridgehead atoms. The Morgan fingerprint density at radius 1 is 0.366 bits per heavy atom. The molecule has 216 valence electrons. The molecule has 0 spiro atoms. The standard InChI is InChI=1S/C37H44O4/c1-20-16-34(38)24(5)12-30(20)28(31-13-25(6)35(39)17-21(31)2)10-9-11-29(32-14-26(7)36(40)18-22(32)3)33-15-27(8)37(41)19-23(33)4/h12-19,28-29,38-41H,9-11H2,1-8H3. The largest absolute Gasteiger partial charge is 0.508 e. The summed E-state index contributed by atoms with van der Waals surface area (Å²) in [5, 5.41) is 41.5. The third-order valence-electron chi connectivity index (χ3n) is 8.83. The summed E-state index contributed by atoms with van der Waals surface area (Å²) >= 11 is 0. The maximum absolute atomic E-state index is 10.4. The summed E-state index contributed by atoms with van der Waals surface area (Å²) < 4.78 is 0. The van der Waals surface area contributed by atoms with Gasteiger partial charge in [0.25, 0.3) is 0 Å². The molecule has 0 saturated carbocycles. The highest BCUT2D eigenvalue weighted by Gasteiger charge is 2.24. The van der Waals surface area contributed by atoms with E-state index in [1.165, 1.54) is 22.3 Å². The van der Waals surface area contributed by atoms with E-state index in [-0.39, 0.29) is 11.8 Å². The van der Waals surface area contributed by atoms with Crippen LogP contribution in [0.5, 0.6) is 23.0 Å². The second kappa shape index (κ2) is 11.9. The lowest BCUT2D eigenvalue weighted by molar-refractivity contribution is 0.469. The van der Waals surface area contributed by atoms with Gasteiger partial charge in [-0.05, 0) is 159 Å². The van der Waals surface area contributed by atoms with E-state index in [2.05, 4.69) is 52.0 Å². The van der Waals surface area contributed by atoms with Gasteiger partial charge in [-0.3, -0.25) is 0 Å². The first-order valence-electron chi connectivity index (χ1n) is 14.5. The van der Waals surface area contributed by atoms with Gasteiger partial charge < -0.3 is 20.4 Å². The van der Waals surface area contributed by atoms with Gasteiger partial charge >= 0.3 is 0 Å². The second-order valence-corrected chi connectivity index (χ2v) is 12.0. The molecule has 4 rings (SSSR count). The van der Waals surface area contributed by atoms with Gasteiger partial charge in [-0.15, -0.1) is 0 Å². The molecule has 4 N–H and O–H groups in total. The van der Waals surface area contributed by atoms with Gasteiger partial charge in [-0.1, -0.05) is 30.7 Å². The van der Waals surface area contributed by atoms with Gasteiger partial charge in [0.15, 0.2) is 0 Å². The molecule has 0 aliphatic rings. The summed E-state index contributed by atoms with van der Waals surface area (Å²) in [6, 6.07) is 15.8. The Morgan fingerprint density at radius 2 is 0.585 bits per heavy atom. The minimum Gasteiger partial charge on any atom is -0.508 e. The van der Waals surface area contributed by atoms with Crippen LogP contribution in [-0.2, 0) is 0 Å². The Morgan fingerprint density at radius 3 is 0.805 bits per heavy atom. The van der Waals surface area contributed by atoms with Gasteiger partial charge in [0.05, 0.1) is 0 Å². The third-order valence-corrected chi connectivity index (χ3v) is 8.83. The first-order valence-corrected chi connectivity index (χ1v) is 14.5. The smallest absolute Gasteiger partial charge is 0.118 e. The Labute approximate surface area is 245 Å². The van der Waals surface area contributed by atoms with Crippen LogP contribution in [0.15, 0.2) is 48.5 Å². The van der Waals surface area contributed by atoms with Crippen LogP contribution < -0.4 is 0 Å². The van der Waals surface area contributed by atoms with Crippen molar-refractivity contribution in [2.45, 2.75) is 86.5 Å². The molecule has 0 radical (unpaired) electrons. The summed E-state index contributed by atoms with van der Waals surface area (Å²) in [4.78, 5) is 0. The first kappa shape index (κ1) is 30.0. The van der Waals surface area contributed by atoms with E-state index in [0.29, 0.717) is 23.0 Å². The van der Waals surface area contributed by atoms with Crippen molar-refractivity contribution in [3.63, 3.8) is 0 Å². The van der Waals surface area contributed by atoms with Gasteiger partial charge in [0.2, 0.25) is 0 Å². The Hall–Kier alpha value is -3.92. The van der Waals surface area contributed by atoms with Crippen LogP contribution in [0.4, 0.5) is 0 Å². The van der Waals surface area contributed by atoms with E-state index in [4.69, 9.17) is 0 Å². The summed E-state index contributed by atoms with van der Waals surface area (Å²) in [6.45, 7) is 16.0. The van der Waals surface area contributed by atoms with Crippen molar-refractivity contribution in [2.24, 2.45) is 0 Å². The maximum atomic E-state index is 10.4. The maximum Gasteiger partial charge on any atom is 0.118 e. The molecule has 4 heteroatoms. The van der Waals surface area contributed by atoms with Gasteiger partial charge in [-0.25, -0.2) is 0 Å². The number of rotatable bonds is 8. The fourth-order valence-corrected chi connectivity index (χ4v) is 6.28. The normalized spacial score (nSPS) is 11.6. The number of aryl methyl sites for hydroxylation is 8. The predicted molar refractivity (Wildman–Crippen MR) is 168 cm³/mol. The second-order valence-electron chi connectivity index (χ2n) is 12.0. The van der Waals surface area contributed by atoms with Crippen molar-refractivity contribution >= 4 is 0 Å². The fraction of sp³-hybridized carbons (Fsp3) is 0.351. The number of phenolic OH excluding ortho intramolecular Hbond substituents is 4. The van der Waals surface area contributed by atoms with Gasteiger partial charge in [0, 0.05) is 11.8 Å². The molecule has 0 atom stereocenters. The Kier molecular flexibility index (Phi) is 8.72. The van der Waals surface area contributed by atoms with Crippen molar-refractivity contribution in [1.82, 2.24) is 0 Å². The molecule has 0 aliphatic carbocycles. The lowest BCUT2D eigenvalue weighted by Gasteiger charge is -2.27. The van der Waals surface area contributed by atoms with Gasteiger partial charge in [-0.2, -0.15) is 0 Å². The first-order chi connectivity index (χ1) is 19.3. The number of hydrogen-bond donors (Lipinski definition) is 4. The quantitative estimate of drug-likeness (QED) is 0.176. The fourth-order valence-electron chi connectivity index (χ4n) is 6.28. The zero-order chi connectivity index (χ0) is 30.2. The minimum absolute atomic E-state index is 0.0968. The van der Waals surface area contributed by atoms with Crippen LogP contribution in [0, 0.1) is 55.4 Å². The molecular formula is C37H44O4. The zero-order valence-electron chi connectivity index (χ0n) is 25.7. The van der Waals surface area contributed by atoms with E-state index in [1.807, 2.05) is 52.0 Å². The molecule has 0 aliphatic heterocycles. The van der Waals surface area contributed by atoms with E-state index in [1.54, 1.807) is 0 Å². The highest BCUT2D eigenvalue weighted by atomic mass is 16.3. The molecule has 0 saturated heterocycles. The highest BCUT2D eigenvalue weighted by Crippen LogP contribution is 2.42. The van der Waals surface area contributed by atoms with E-state index >= 15 is 0 Å². The van der Waals surface area contributed by atoms with Crippen molar-refractivity contribution in [2.75, 3.05) is 0 Å². The van der Waals surface area contributed by atoms with Crippen molar-refractivity contribution in [1.29, 1.82) is 0 Å². The topological polar surface area (TPSA) is 80.9 Å². The minimum atomic E-state index is 0.0968. The average molecular weight is 553 g/mol. The average Bonchev–Trinajstić information content (AvgIpc) is 2.89. The molecular weight excluding hydrogens is 508 g/mol. The summed E-state index contributed by atoms with van der Waals surface area (Å²) in [7, 11) is 0. The summed E-state index contributed by atoms with van der Waals surface area (Å²) in [6.07, 6.45) is 2.70. The molecule has 0 aromatic heterocycles. The van der Waals surface area contributed by atoms with Crippen molar-refractivity contribution < 1.29 is 20.4 Å². The Bertz CT molecular complexity index is 1360. The number of benzene rings is 4. The molecule has 0 heterocycles. The van der Waals surface area contributed by atoms with Crippen LogP contribution in [0.1, 0.15) is 97.9 Å². The zero-order valence-corrected chi connectivity index (χ0v) is 25.7. The number of hydrogen-bond acceptors (Lipinski definition) is 4. The van der Waals surface area contributed by atoms with E-state index < -0.39 is 0 Å². The van der Waals surface area contributed by atoms with Crippen LogP contribution in [0.25, 0.3) is 0 Å². The van der Waals surface area contributed by atoms with E-state index in [0.717, 1.165) is 63.8 Å². The molecule has 4 aromatic carbocycles. The van der Waals surface area contributed by atoms with E-state index in [9.17, 15) is 20.4 Å². The van der Waals surface area contributed by atoms with Crippen LogP contribution in [0.2, 0.25) is 0 Å². The summed E-state index contributed by atoms with van der Waals surface area (Å²) in [5.41, 5.74) is 12.4. The SMILES string of the molecule is Cc1cc(C(CCCC(c2cc(C)c(O)cc2C)c2cc(C)c(O)cc2C)c2cc(C)c(O)cc2C)c(C)cc1O. The van der Waals surface area contributed by atoms with Crippen LogP contribution in [0.3, 0.4) is 0 Å². The van der Waals surface area contributed by atoms with Crippen molar-refractivity contribution in [3.8, 4) is 23.0 Å². The molecule has 0 unspecified atom stereocenters. The molecule has 0 fully saturated rings.